The van der Waals surface area contributed by atoms with Gasteiger partial charge in [-0.1, -0.05) is 32.0 Å². The number of aryl methyl sites for hydroxylation is 3. The molecule has 15 heavy (non-hydrogen) atoms. The van der Waals surface area contributed by atoms with Crippen LogP contribution >= 0.6 is 0 Å². The molecule has 0 fully saturated rings. The molecule has 0 aliphatic carbocycles. The summed E-state index contributed by atoms with van der Waals surface area (Å²) in [5, 5.41) is 0. The summed E-state index contributed by atoms with van der Waals surface area (Å²) in [5.41, 5.74) is 10.2. The van der Waals surface area contributed by atoms with E-state index in [4.69, 9.17) is 5.73 Å². The van der Waals surface area contributed by atoms with Gasteiger partial charge in [0.2, 0.25) is 0 Å². The summed E-state index contributed by atoms with van der Waals surface area (Å²) < 4.78 is 0. The summed E-state index contributed by atoms with van der Waals surface area (Å²) in [6, 6.07) is 7.02. The first-order valence-corrected chi connectivity index (χ1v) is 5.82. The topological polar surface area (TPSA) is 26.0 Å². The summed E-state index contributed by atoms with van der Waals surface area (Å²) in [5.74, 6) is 0.580. The van der Waals surface area contributed by atoms with Gasteiger partial charge < -0.3 is 5.73 Å². The molecule has 0 aliphatic rings. The fourth-order valence-electron chi connectivity index (χ4n) is 1.63. The van der Waals surface area contributed by atoms with Crippen molar-refractivity contribution in [1.29, 1.82) is 0 Å². The van der Waals surface area contributed by atoms with E-state index < -0.39 is 0 Å². The molecule has 1 aromatic carbocycles. The lowest BCUT2D eigenvalue weighted by molar-refractivity contribution is 0.464. The minimum atomic E-state index is 0.326. The molecule has 0 saturated heterocycles. The van der Waals surface area contributed by atoms with Crippen molar-refractivity contribution in [3.05, 3.63) is 34.9 Å². The number of rotatable bonds is 4. The molecule has 0 saturated carbocycles. The van der Waals surface area contributed by atoms with Crippen LogP contribution in [0.25, 0.3) is 0 Å². The zero-order valence-electron chi connectivity index (χ0n) is 10.4. The third-order valence-corrected chi connectivity index (χ3v) is 3.19. The van der Waals surface area contributed by atoms with Gasteiger partial charge in [0.15, 0.2) is 0 Å². The van der Waals surface area contributed by atoms with Gasteiger partial charge in [0.05, 0.1) is 0 Å². The van der Waals surface area contributed by atoms with Gasteiger partial charge >= 0.3 is 0 Å². The number of nitrogens with two attached hydrogens (primary N) is 1. The van der Waals surface area contributed by atoms with Crippen molar-refractivity contribution < 1.29 is 0 Å². The van der Waals surface area contributed by atoms with Crippen LogP contribution in [0.4, 0.5) is 0 Å². The van der Waals surface area contributed by atoms with Crippen LogP contribution in [0, 0.1) is 19.8 Å². The molecule has 2 N–H and O–H groups in total. The third kappa shape index (κ3) is 3.67. The van der Waals surface area contributed by atoms with Gasteiger partial charge in [-0.2, -0.15) is 0 Å². The Morgan fingerprint density at radius 2 is 1.80 bits per heavy atom. The van der Waals surface area contributed by atoms with E-state index in [0.717, 1.165) is 12.8 Å². The SMILES string of the molecule is Cc1ccc(CCC(N)C(C)C)cc1C. The highest BCUT2D eigenvalue weighted by atomic mass is 14.6. The maximum Gasteiger partial charge on any atom is 0.00650 e. The van der Waals surface area contributed by atoms with E-state index in [2.05, 4.69) is 45.9 Å². The van der Waals surface area contributed by atoms with Gasteiger partial charge in [-0.3, -0.25) is 0 Å². The molecule has 1 atom stereocenters. The lowest BCUT2D eigenvalue weighted by Gasteiger charge is -2.15. The Kier molecular flexibility index (Phi) is 4.34. The first kappa shape index (κ1) is 12.3. The second kappa shape index (κ2) is 5.32. The molecular formula is C14H23N. The van der Waals surface area contributed by atoms with Crippen LogP contribution in [0.5, 0.6) is 0 Å². The molecule has 1 nitrogen and oxygen atoms in total. The first-order chi connectivity index (χ1) is 7.00. The van der Waals surface area contributed by atoms with Gasteiger partial charge in [-0.05, 0) is 49.3 Å². The molecule has 0 radical (unpaired) electrons. The predicted molar refractivity (Wildman–Crippen MR) is 67.1 cm³/mol. The Morgan fingerprint density at radius 1 is 1.13 bits per heavy atom. The molecule has 0 bridgehead atoms. The fourth-order valence-corrected chi connectivity index (χ4v) is 1.63. The van der Waals surface area contributed by atoms with Crippen molar-refractivity contribution in [2.45, 2.75) is 46.6 Å². The summed E-state index contributed by atoms with van der Waals surface area (Å²) in [4.78, 5) is 0. The van der Waals surface area contributed by atoms with Crippen LogP contribution in [0.3, 0.4) is 0 Å². The van der Waals surface area contributed by atoms with Crippen LogP contribution in [-0.2, 0) is 6.42 Å². The van der Waals surface area contributed by atoms with E-state index in [1.165, 1.54) is 16.7 Å². The average molecular weight is 205 g/mol. The number of benzene rings is 1. The Labute approximate surface area is 93.7 Å². The van der Waals surface area contributed by atoms with Crippen LogP contribution in [0.1, 0.15) is 37.0 Å². The highest BCUT2D eigenvalue weighted by molar-refractivity contribution is 5.29. The molecule has 0 heterocycles. The second-order valence-corrected chi connectivity index (χ2v) is 4.87. The lowest BCUT2D eigenvalue weighted by atomic mass is 9.96. The summed E-state index contributed by atoms with van der Waals surface area (Å²) in [6.07, 6.45) is 2.18. The number of hydrogen-bond donors (Lipinski definition) is 1. The summed E-state index contributed by atoms with van der Waals surface area (Å²) >= 11 is 0. The maximum atomic E-state index is 6.03. The summed E-state index contributed by atoms with van der Waals surface area (Å²) in [6.45, 7) is 8.69. The Hall–Kier alpha value is -0.820. The van der Waals surface area contributed by atoms with Gasteiger partial charge in [0.25, 0.3) is 0 Å². The predicted octanol–water partition coefficient (Wildman–Crippen LogP) is 3.22. The quantitative estimate of drug-likeness (QED) is 0.802. The Balaban J connectivity index is 2.55. The fraction of sp³-hybridized carbons (Fsp3) is 0.571. The monoisotopic (exact) mass is 205 g/mol. The van der Waals surface area contributed by atoms with Crippen LogP contribution in [-0.4, -0.2) is 6.04 Å². The highest BCUT2D eigenvalue weighted by Gasteiger charge is 2.07. The molecule has 1 unspecified atom stereocenters. The third-order valence-electron chi connectivity index (χ3n) is 3.19. The van der Waals surface area contributed by atoms with Gasteiger partial charge in [0, 0.05) is 6.04 Å². The Morgan fingerprint density at radius 3 is 2.33 bits per heavy atom. The van der Waals surface area contributed by atoms with Crippen molar-refractivity contribution in [3.8, 4) is 0 Å². The molecule has 1 heteroatoms. The average Bonchev–Trinajstić information content (AvgIpc) is 2.19. The summed E-state index contributed by atoms with van der Waals surface area (Å²) in [7, 11) is 0. The smallest absolute Gasteiger partial charge is 0.00650 e. The van der Waals surface area contributed by atoms with Crippen molar-refractivity contribution in [1.82, 2.24) is 0 Å². The maximum absolute atomic E-state index is 6.03. The number of hydrogen-bond acceptors (Lipinski definition) is 1. The normalized spacial score (nSPS) is 13.2. The lowest BCUT2D eigenvalue weighted by Crippen LogP contribution is -2.26. The van der Waals surface area contributed by atoms with Crippen LogP contribution in [0.15, 0.2) is 18.2 Å². The zero-order valence-corrected chi connectivity index (χ0v) is 10.4. The van der Waals surface area contributed by atoms with Gasteiger partial charge in [-0.25, -0.2) is 0 Å². The van der Waals surface area contributed by atoms with E-state index >= 15 is 0 Å². The van der Waals surface area contributed by atoms with Crippen LogP contribution in [0.2, 0.25) is 0 Å². The zero-order chi connectivity index (χ0) is 11.4. The van der Waals surface area contributed by atoms with E-state index in [1.807, 2.05) is 0 Å². The molecule has 1 aromatic rings. The Bertz CT molecular complexity index is 315. The van der Waals surface area contributed by atoms with Gasteiger partial charge in [0.1, 0.15) is 0 Å². The largest absolute Gasteiger partial charge is 0.327 e. The first-order valence-electron chi connectivity index (χ1n) is 5.82. The van der Waals surface area contributed by atoms with Crippen molar-refractivity contribution in [3.63, 3.8) is 0 Å². The molecule has 1 rings (SSSR count). The minimum absolute atomic E-state index is 0.326. The molecule has 0 spiro atoms. The van der Waals surface area contributed by atoms with Crippen molar-refractivity contribution in [2.75, 3.05) is 0 Å². The molecule has 84 valence electrons. The highest BCUT2D eigenvalue weighted by Crippen LogP contribution is 2.13. The van der Waals surface area contributed by atoms with E-state index in [1.54, 1.807) is 0 Å². The van der Waals surface area contributed by atoms with Crippen molar-refractivity contribution in [2.24, 2.45) is 11.7 Å². The van der Waals surface area contributed by atoms with E-state index in [-0.39, 0.29) is 0 Å². The van der Waals surface area contributed by atoms with E-state index in [0.29, 0.717) is 12.0 Å². The van der Waals surface area contributed by atoms with E-state index in [9.17, 15) is 0 Å². The minimum Gasteiger partial charge on any atom is -0.327 e. The standard InChI is InChI=1S/C14H23N/c1-10(2)14(15)8-7-13-6-5-11(3)12(4)9-13/h5-6,9-10,14H,7-8,15H2,1-4H3. The molecular weight excluding hydrogens is 182 g/mol. The molecule has 0 amide bonds. The van der Waals surface area contributed by atoms with Crippen LogP contribution < -0.4 is 5.73 Å². The van der Waals surface area contributed by atoms with Crippen molar-refractivity contribution >= 4 is 0 Å². The molecule has 0 aromatic heterocycles. The molecule has 0 aliphatic heterocycles. The van der Waals surface area contributed by atoms with Gasteiger partial charge in [-0.15, -0.1) is 0 Å². The second-order valence-electron chi connectivity index (χ2n) is 4.87.